The molecule has 0 aliphatic carbocycles. The number of aromatic hydroxyl groups is 1. The minimum absolute atomic E-state index is 0.252. The minimum Gasteiger partial charge on any atom is -0.508 e. The zero-order chi connectivity index (χ0) is 17.4. The van der Waals surface area contributed by atoms with Crippen molar-refractivity contribution in [2.45, 2.75) is 19.5 Å². The average Bonchev–Trinajstić information content (AvgIpc) is 3.02. The molecule has 3 aromatic carbocycles. The van der Waals surface area contributed by atoms with Crippen molar-refractivity contribution in [3.05, 3.63) is 71.9 Å². The molecule has 0 saturated carbocycles. The molecule has 0 bridgehead atoms. The summed E-state index contributed by atoms with van der Waals surface area (Å²) in [5.41, 5.74) is 3.20. The zero-order valence-corrected chi connectivity index (χ0v) is 14.4. The molecule has 0 aliphatic heterocycles. The number of rotatable bonds is 4. The number of aromatic nitrogens is 2. The Kier molecular flexibility index (Phi) is 3.90. The maximum absolute atomic E-state index is 9.76. The molecule has 0 spiro atoms. The Morgan fingerprint density at radius 2 is 1.84 bits per heavy atom. The Hall–Kier alpha value is -2.85. The highest BCUT2D eigenvalue weighted by atomic mass is 16.3. The summed E-state index contributed by atoms with van der Waals surface area (Å²) < 4.78 is 0. The molecule has 0 fully saturated rings. The van der Waals surface area contributed by atoms with E-state index in [0.29, 0.717) is 0 Å². The fourth-order valence-corrected chi connectivity index (χ4v) is 3.41. The lowest BCUT2D eigenvalue weighted by atomic mass is 9.99. The van der Waals surface area contributed by atoms with Crippen LogP contribution in [0.25, 0.3) is 21.7 Å². The molecule has 0 amide bonds. The Morgan fingerprint density at radius 1 is 1.04 bits per heavy atom. The van der Waals surface area contributed by atoms with Crippen LogP contribution >= 0.6 is 0 Å². The van der Waals surface area contributed by atoms with Crippen molar-refractivity contribution in [1.82, 2.24) is 15.1 Å². The molecule has 2 N–H and O–H groups in total. The Labute approximate surface area is 146 Å². The molecular weight excluding hydrogens is 310 g/mol. The van der Waals surface area contributed by atoms with E-state index in [1.54, 1.807) is 12.1 Å². The highest BCUT2D eigenvalue weighted by Crippen LogP contribution is 2.29. The molecule has 1 atom stereocenters. The number of fused-ring (bicyclic) bond motifs is 2. The molecule has 126 valence electrons. The van der Waals surface area contributed by atoms with Gasteiger partial charge in [-0.2, -0.15) is 5.10 Å². The van der Waals surface area contributed by atoms with Gasteiger partial charge in [-0.1, -0.05) is 42.5 Å². The highest BCUT2D eigenvalue weighted by Gasteiger charge is 2.16. The van der Waals surface area contributed by atoms with Crippen LogP contribution in [0.5, 0.6) is 5.75 Å². The SMILES string of the molecule is C[C@H](c1cccc2ccccc12)N(C)Cc1[nH]nc2ccc(O)cc12. The van der Waals surface area contributed by atoms with Crippen molar-refractivity contribution >= 4 is 21.7 Å². The molecule has 1 aromatic heterocycles. The largest absolute Gasteiger partial charge is 0.508 e. The van der Waals surface area contributed by atoms with Gasteiger partial charge < -0.3 is 5.11 Å². The lowest BCUT2D eigenvalue weighted by Gasteiger charge is -2.25. The second kappa shape index (κ2) is 6.22. The summed E-state index contributed by atoms with van der Waals surface area (Å²) in [5, 5.41) is 20.7. The molecule has 4 heteroatoms. The quantitative estimate of drug-likeness (QED) is 0.574. The molecule has 25 heavy (non-hydrogen) atoms. The Morgan fingerprint density at radius 3 is 2.72 bits per heavy atom. The predicted molar refractivity (Wildman–Crippen MR) is 102 cm³/mol. The topological polar surface area (TPSA) is 52.2 Å². The summed E-state index contributed by atoms with van der Waals surface area (Å²) >= 11 is 0. The first-order chi connectivity index (χ1) is 12.1. The van der Waals surface area contributed by atoms with Gasteiger partial charge in [0.25, 0.3) is 0 Å². The fraction of sp³-hybridized carbons (Fsp3) is 0.190. The van der Waals surface area contributed by atoms with Gasteiger partial charge in [0.1, 0.15) is 5.75 Å². The Bertz CT molecular complexity index is 1030. The van der Waals surface area contributed by atoms with E-state index in [0.717, 1.165) is 23.1 Å². The number of phenols is 1. The van der Waals surface area contributed by atoms with E-state index < -0.39 is 0 Å². The van der Waals surface area contributed by atoms with Crippen molar-refractivity contribution in [2.24, 2.45) is 0 Å². The van der Waals surface area contributed by atoms with E-state index in [-0.39, 0.29) is 11.8 Å². The average molecular weight is 331 g/mol. The van der Waals surface area contributed by atoms with Gasteiger partial charge in [0.2, 0.25) is 0 Å². The maximum atomic E-state index is 9.76. The van der Waals surface area contributed by atoms with Crippen LogP contribution in [0.4, 0.5) is 0 Å². The van der Waals surface area contributed by atoms with E-state index in [1.807, 2.05) is 6.07 Å². The lowest BCUT2D eigenvalue weighted by Crippen LogP contribution is -2.22. The van der Waals surface area contributed by atoms with Crippen molar-refractivity contribution in [3.8, 4) is 5.75 Å². The van der Waals surface area contributed by atoms with E-state index in [9.17, 15) is 5.11 Å². The number of nitrogens with one attached hydrogen (secondary N) is 1. The van der Waals surface area contributed by atoms with Gasteiger partial charge in [-0.3, -0.25) is 10.00 Å². The molecule has 4 aromatic rings. The summed E-state index contributed by atoms with van der Waals surface area (Å²) in [6.45, 7) is 2.95. The fourth-order valence-electron chi connectivity index (χ4n) is 3.41. The number of nitrogens with zero attached hydrogens (tertiary/aromatic N) is 2. The predicted octanol–water partition coefficient (Wildman–Crippen LogP) is 4.61. The van der Waals surface area contributed by atoms with Crippen LogP contribution in [-0.4, -0.2) is 27.3 Å². The van der Waals surface area contributed by atoms with Gasteiger partial charge in [0, 0.05) is 18.0 Å². The summed E-state index contributed by atoms with van der Waals surface area (Å²) in [5.74, 6) is 0.264. The van der Waals surface area contributed by atoms with Crippen molar-refractivity contribution in [2.75, 3.05) is 7.05 Å². The van der Waals surface area contributed by atoms with Gasteiger partial charge in [0.05, 0.1) is 11.2 Å². The molecule has 4 rings (SSSR count). The van der Waals surface area contributed by atoms with Crippen LogP contribution in [-0.2, 0) is 6.54 Å². The van der Waals surface area contributed by atoms with Gasteiger partial charge >= 0.3 is 0 Å². The third kappa shape index (κ3) is 2.85. The number of phenolic OH excluding ortho intramolecular Hbond substituents is 1. The molecular formula is C21H21N3O. The Balaban J connectivity index is 1.65. The standard InChI is InChI=1S/C21H21N3O/c1-14(17-9-5-7-15-6-3-4-8-18(15)17)24(2)13-21-19-12-16(25)10-11-20(19)22-23-21/h3-12,14,25H,13H2,1-2H3,(H,22,23)/t14-/m1/s1. The normalized spacial score (nSPS) is 12.9. The summed E-state index contributed by atoms with van der Waals surface area (Å²) in [6.07, 6.45) is 0. The highest BCUT2D eigenvalue weighted by molar-refractivity contribution is 5.86. The van der Waals surface area contributed by atoms with Crippen LogP contribution in [0.3, 0.4) is 0 Å². The number of benzene rings is 3. The van der Waals surface area contributed by atoms with Crippen LogP contribution < -0.4 is 0 Å². The van der Waals surface area contributed by atoms with Crippen LogP contribution in [0.2, 0.25) is 0 Å². The van der Waals surface area contributed by atoms with Gasteiger partial charge in [-0.05, 0) is 48.5 Å². The second-order valence-corrected chi connectivity index (χ2v) is 6.56. The van der Waals surface area contributed by atoms with E-state index in [1.165, 1.54) is 16.3 Å². The number of hydrogen-bond donors (Lipinski definition) is 2. The van der Waals surface area contributed by atoms with E-state index in [2.05, 4.69) is 71.5 Å². The molecule has 0 unspecified atom stereocenters. The van der Waals surface area contributed by atoms with Crippen molar-refractivity contribution in [3.63, 3.8) is 0 Å². The number of hydrogen-bond acceptors (Lipinski definition) is 3. The molecule has 4 nitrogen and oxygen atoms in total. The zero-order valence-electron chi connectivity index (χ0n) is 14.4. The van der Waals surface area contributed by atoms with Crippen molar-refractivity contribution in [1.29, 1.82) is 0 Å². The van der Waals surface area contributed by atoms with Crippen LogP contribution in [0, 0.1) is 0 Å². The second-order valence-electron chi connectivity index (χ2n) is 6.56. The third-order valence-electron chi connectivity index (χ3n) is 4.96. The molecule has 0 aliphatic rings. The summed E-state index contributed by atoms with van der Waals surface area (Å²) in [6, 6.07) is 20.5. The maximum Gasteiger partial charge on any atom is 0.116 e. The van der Waals surface area contributed by atoms with Crippen molar-refractivity contribution < 1.29 is 5.11 Å². The van der Waals surface area contributed by atoms with Crippen LogP contribution in [0.1, 0.15) is 24.2 Å². The number of aromatic amines is 1. The number of H-pyrrole nitrogens is 1. The van der Waals surface area contributed by atoms with Gasteiger partial charge in [0.15, 0.2) is 0 Å². The van der Waals surface area contributed by atoms with E-state index >= 15 is 0 Å². The smallest absolute Gasteiger partial charge is 0.116 e. The van der Waals surface area contributed by atoms with Gasteiger partial charge in [-0.15, -0.1) is 0 Å². The third-order valence-corrected chi connectivity index (χ3v) is 4.96. The minimum atomic E-state index is 0.252. The first-order valence-electron chi connectivity index (χ1n) is 8.47. The molecule has 0 radical (unpaired) electrons. The monoisotopic (exact) mass is 331 g/mol. The molecule has 1 heterocycles. The summed E-state index contributed by atoms with van der Waals surface area (Å²) in [4.78, 5) is 2.29. The van der Waals surface area contributed by atoms with Gasteiger partial charge in [-0.25, -0.2) is 0 Å². The first kappa shape index (κ1) is 15.7. The van der Waals surface area contributed by atoms with Crippen LogP contribution in [0.15, 0.2) is 60.7 Å². The molecule has 0 saturated heterocycles. The van der Waals surface area contributed by atoms with E-state index in [4.69, 9.17) is 0 Å². The lowest BCUT2D eigenvalue weighted by molar-refractivity contribution is 0.252. The summed E-state index contributed by atoms with van der Waals surface area (Å²) in [7, 11) is 2.11. The first-order valence-corrected chi connectivity index (χ1v) is 8.47.